The van der Waals surface area contributed by atoms with Gasteiger partial charge < -0.3 is 9.64 Å². The van der Waals surface area contributed by atoms with Gasteiger partial charge >= 0.3 is 0 Å². The number of piperidine rings is 1. The maximum atomic E-state index is 13.2. The number of fused-ring (bicyclic) bond motifs is 1. The average molecular weight is 369 g/mol. The number of amides is 1. The Kier molecular flexibility index (Phi) is 5.09. The number of methoxy groups -OCH3 is 1. The Morgan fingerprint density at radius 3 is 2.70 bits per heavy atom. The molecule has 2 aliphatic rings. The molecular weight excluding hydrogens is 342 g/mol. The predicted molar refractivity (Wildman–Crippen MR) is 101 cm³/mol. The second kappa shape index (κ2) is 7.66. The van der Waals surface area contributed by atoms with Crippen molar-refractivity contribution in [3.63, 3.8) is 0 Å². The van der Waals surface area contributed by atoms with Crippen molar-refractivity contribution in [2.24, 2.45) is 11.8 Å². The van der Waals surface area contributed by atoms with Crippen LogP contribution in [0.4, 0.5) is 0 Å². The highest BCUT2D eigenvalue weighted by atomic mass is 16.5. The molecule has 0 N–H and O–H groups in total. The molecule has 144 valence electrons. The third kappa shape index (κ3) is 3.42. The van der Waals surface area contributed by atoms with Crippen molar-refractivity contribution < 1.29 is 9.53 Å². The Labute approximate surface area is 159 Å². The highest BCUT2D eigenvalue weighted by Gasteiger charge is 2.34. The lowest BCUT2D eigenvalue weighted by atomic mass is 9.75. The third-order valence-electron chi connectivity index (χ3n) is 6.06. The molecule has 0 bridgehead atoms. The zero-order chi connectivity index (χ0) is 18.8. The fraction of sp³-hybridized carbons (Fsp3) is 0.600. The van der Waals surface area contributed by atoms with Crippen molar-refractivity contribution in [3.8, 4) is 11.7 Å². The molecule has 0 radical (unpaired) electrons. The Morgan fingerprint density at radius 2 is 2.00 bits per heavy atom. The Bertz CT molecular complexity index is 801. The molecule has 1 saturated heterocycles. The fourth-order valence-electron chi connectivity index (χ4n) is 4.58. The van der Waals surface area contributed by atoms with Crippen molar-refractivity contribution in [2.75, 3.05) is 20.2 Å². The number of carbonyl (C=O) groups is 1. The van der Waals surface area contributed by atoms with Gasteiger partial charge in [0.2, 0.25) is 5.88 Å². The topological polar surface area (TPSA) is 73.1 Å². The molecule has 27 heavy (non-hydrogen) atoms. The summed E-state index contributed by atoms with van der Waals surface area (Å²) in [5.41, 5.74) is 1.56. The van der Waals surface area contributed by atoms with E-state index in [0.717, 1.165) is 31.1 Å². The first-order valence-electron chi connectivity index (χ1n) is 9.95. The Morgan fingerprint density at radius 1 is 1.19 bits per heavy atom. The zero-order valence-corrected chi connectivity index (χ0v) is 16.1. The van der Waals surface area contributed by atoms with E-state index in [1.807, 2.05) is 11.8 Å². The van der Waals surface area contributed by atoms with Crippen LogP contribution in [0.3, 0.4) is 0 Å². The Balaban J connectivity index is 1.56. The molecule has 2 aromatic rings. The van der Waals surface area contributed by atoms with Crippen LogP contribution in [0.5, 0.6) is 5.88 Å². The molecular formula is C20H27N5O2. The number of hydrogen-bond acceptors (Lipinski definition) is 5. The molecule has 4 rings (SSSR count). The highest BCUT2D eigenvalue weighted by Crippen LogP contribution is 2.36. The lowest BCUT2D eigenvalue weighted by Crippen LogP contribution is -2.44. The number of likely N-dealkylation sites (tertiary alicyclic amines) is 1. The summed E-state index contributed by atoms with van der Waals surface area (Å²) in [7, 11) is 1.56. The number of ether oxygens (including phenoxy) is 1. The normalized spacial score (nSPS) is 22.4. The fourth-order valence-corrected chi connectivity index (χ4v) is 4.58. The molecule has 3 heterocycles. The van der Waals surface area contributed by atoms with E-state index >= 15 is 0 Å². The summed E-state index contributed by atoms with van der Waals surface area (Å²) in [6.45, 7) is 3.78. The number of hydrogen-bond donors (Lipinski definition) is 0. The minimum absolute atomic E-state index is 0.101. The van der Waals surface area contributed by atoms with Crippen LogP contribution < -0.4 is 4.74 Å². The molecule has 2 fully saturated rings. The first-order chi connectivity index (χ1) is 13.2. The van der Waals surface area contributed by atoms with E-state index in [1.165, 1.54) is 25.7 Å². The number of carbonyl (C=O) groups excluding carboxylic acids is 1. The summed E-state index contributed by atoms with van der Waals surface area (Å²) in [4.78, 5) is 15.3. The maximum Gasteiger partial charge on any atom is 0.257 e. The van der Waals surface area contributed by atoms with Crippen LogP contribution in [0.15, 0.2) is 18.3 Å². The monoisotopic (exact) mass is 369 g/mol. The van der Waals surface area contributed by atoms with Crippen molar-refractivity contribution in [1.29, 1.82) is 0 Å². The van der Waals surface area contributed by atoms with E-state index in [9.17, 15) is 4.79 Å². The molecule has 1 amide bonds. The molecule has 0 unspecified atom stereocenters. The molecule has 7 nitrogen and oxygen atoms in total. The van der Waals surface area contributed by atoms with E-state index in [0.29, 0.717) is 29.6 Å². The molecule has 0 aromatic carbocycles. The van der Waals surface area contributed by atoms with Crippen molar-refractivity contribution in [2.45, 2.75) is 45.4 Å². The van der Waals surface area contributed by atoms with E-state index in [2.05, 4.69) is 15.3 Å². The van der Waals surface area contributed by atoms with Gasteiger partial charge in [0.15, 0.2) is 5.82 Å². The average Bonchev–Trinajstić information content (AvgIpc) is 3.17. The summed E-state index contributed by atoms with van der Waals surface area (Å²) in [6, 6.07) is 3.55. The van der Waals surface area contributed by atoms with Gasteiger partial charge in [-0.2, -0.15) is 5.10 Å². The largest absolute Gasteiger partial charge is 0.480 e. The van der Waals surface area contributed by atoms with Gasteiger partial charge in [0.1, 0.15) is 0 Å². The van der Waals surface area contributed by atoms with Crippen LogP contribution in [0.25, 0.3) is 5.82 Å². The van der Waals surface area contributed by atoms with Gasteiger partial charge in [0.05, 0.1) is 24.6 Å². The summed E-state index contributed by atoms with van der Waals surface area (Å²) in [6.07, 6.45) is 8.77. The van der Waals surface area contributed by atoms with Crippen LogP contribution >= 0.6 is 0 Å². The van der Waals surface area contributed by atoms with Gasteiger partial charge in [0, 0.05) is 19.2 Å². The number of aromatic nitrogens is 4. The molecule has 1 saturated carbocycles. The van der Waals surface area contributed by atoms with E-state index in [-0.39, 0.29) is 5.91 Å². The number of nitrogens with zero attached hydrogens (tertiary/aromatic N) is 5. The second-order valence-corrected chi connectivity index (χ2v) is 7.55. The lowest BCUT2D eigenvalue weighted by molar-refractivity contribution is 0.0520. The molecule has 0 spiro atoms. The van der Waals surface area contributed by atoms with E-state index < -0.39 is 0 Å². The van der Waals surface area contributed by atoms with Gasteiger partial charge in [-0.25, -0.2) is 4.68 Å². The van der Waals surface area contributed by atoms with Crippen LogP contribution in [0.1, 0.15) is 55.1 Å². The SMILES string of the molecule is CCc1c(C(=O)N2CC[C@H]3CCCC[C@H]3C2)cnn1-c1ccc(OC)nn1. The molecule has 7 heteroatoms. The van der Waals surface area contributed by atoms with Crippen LogP contribution in [-0.2, 0) is 6.42 Å². The van der Waals surface area contributed by atoms with Gasteiger partial charge in [-0.05, 0) is 37.2 Å². The van der Waals surface area contributed by atoms with Crippen LogP contribution in [0, 0.1) is 11.8 Å². The van der Waals surface area contributed by atoms with Gasteiger partial charge in [-0.15, -0.1) is 10.2 Å². The summed E-state index contributed by atoms with van der Waals surface area (Å²) < 4.78 is 6.78. The first-order valence-corrected chi connectivity index (χ1v) is 9.95. The third-order valence-corrected chi connectivity index (χ3v) is 6.06. The second-order valence-electron chi connectivity index (χ2n) is 7.55. The predicted octanol–water partition coefficient (Wildman–Crippen LogP) is 2.89. The smallest absolute Gasteiger partial charge is 0.257 e. The van der Waals surface area contributed by atoms with Crippen molar-refractivity contribution in [1.82, 2.24) is 24.9 Å². The van der Waals surface area contributed by atoms with Gasteiger partial charge in [-0.1, -0.05) is 26.2 Å². The maximum absolute atomic E-state index is 13.2. The van der Waals surface area contributed by atoms with Gasteiger partial charge in [0.25, 0.3) is 5.91 Å². The minimum atomic E-state index is 0.101. The molecule has 1 aliphatic carbocycles. The van der Waals surface area contributed by atoms with E-state index in [1.54, 1.807) is 30.1 Å². The highest BCUT2D eigenvalue weighted by molar-refractivity contribution is 5.95. The summed E-state index contributed by atoms with van der Waals surface area (Å²) in [5.74, 6) is 2.63. The molecule has 2 atom stereocenters. The summed E-state index contributed by atoms with van der Waals surface area (Å²) >= 11 is 0. The first kappa shape index (κ1) is 17.9. The zero-order valence-electron chi connectivity index (χ0n) is 16.1. The quantitative estimate of drug-likeness (QED) is 0.828. The standard InChI is InChI=1S/C20H27N5O2/c1-3-17-16(12-21-25(17)18-8-9-19(27-2)23-22-18)20(26)24-11-10-14-6-4-5-7-15(14)13-24/h8-9,12,14-15H,3-7,10-11,13H2,1-2H3/t14-,15+/m1/s1. The van der Waals surface area contributed by atoms with Crippen molar-refractivity contribution in [3.05, 3.63) is 29.6 Å². The van der Waals surface area contributed by atoms with Gasteiger partial charge in [-0.3, -0.25) is 4.79 Å². The van der Waals surface area contributed by atoms with Crippen LogP contribution in [0.2, 0.25) is 0 Å². The minimum Gasteiger partial charge on any atom is -0.480 e. The van der Waals surface area contributed by atoms with Crippen LogP contribution in [-0.4, -0.2) is 51.0 Å². The lowest BCUT2D eigenvalue weighted by Gasteiger charge is -2.41. The van der Waals surface area contributed by atoms with E-state index in [4.69, 9.17) is 4.74 Å². The van der Waals surface area contributed by atoms with Crippen molar-refractivity contribution >= 4 is 5.91 Å². The number of rotatable bonds is 4. The summed E-state index contributed by atoms with van der Waals surface area (Å²) in [5, 5.41) is 12.6. The Hall–Kier alpha value is -2.44. The molecule has 2 aromatic heterocycles. The molecule has 1 aliphatic heterocycles.